The topological polar surface area (TPSA) is 0 Å². The van der Waals surface area contributed by atoms with Crippen LogP contribution in [-0.4, -0.2) is 3.21 Å². The van der Waals surface area contributed by atoms with E-state index in [0.29, 0.717) is 0 Å². The van der Waals surface area contributed by atoms with Gasteiger partial charge >= 0.3 is 41.3 Å². The van der Waals surface area contributed by atoms with Crippen molar-refractivity contribution in [1.82, 2.24) is 0 Å². The van der Waals surface area contributed by atoms with Crippen molar-refractivity contribution < 1.29 is 49.0 Å². The van der Waals surface area contributed by atoms with Crippen molar-refractivity contribution in [3.8, 4) is 11.1 Å². The van der Waals surface area contributed by atoms with Crippen LogP contribution < -0.4 is 24.8 Å². The molecule has 0 fully saturated rings. The van der Waals surface area contributed by atoms with Crippen LogP contribution >= 0.6 is 11.3 Å². The average molecular weight is 517 g/mol. The number of rotatable bonds is 1. The van der Waals surface area contributed by atoms with Crippen LogP contribution in [0.1, 0.15) is 37.0 Å². The SMILES string of the molecule is C[C](C)=[Zr+2].[C-]1=C(c2ccsc2)C=CC1.[Cl-].[Cl-].[c-]1cccc2c1Cc1ccccc1-2. The summed E-state index contributed by atoms with van der Waals surface area (Å²) < 4.78 is 1.51. The van der Waals surface area contributed by atoms with E-state index < -0.39 is 0 Å². The summed E-state index contributed by atoms with van der Waals surface area (Å²) in [7, 11) is 0. The van der Waals surface area contributed by atoms with Crippen molar-refractivity contribution in [1.29, 1.82) is 0 Å². The van der Waals surface area contributed by atoms with Gasteiger partial charge in [0.05, 0.1) is 0 Å². The van der Waals surface area contributed by atoms with Gasteiger partial charge in [0.15, 0.2) is 0 Å². The molecule has 0 unspecified atom stereocenters. The normalized spacial score (nSPS) is 11.9. The van der Waals surface area contributed by atoms with E-state index in [0.717, 1.165) is 12.8 Å². The Balaban J connectivity index is 0.000000237. The number of thiophene rings is 1. The van der Waals surface area contributed by atoms with Crippen molar-refractivity contribution in [2.24, 2.45) is 0 Å². The first-order chi connectivity index (χ1) is 13.1. The molecule has 0 aliphatic heterocycles. The van der Waals surface area contributed by atoms with Crippen LogP contribution in [0.25, 0.3) is 16.7 Å². The average Bonchev–Trinajstić information content (AvgIpc) is 3.41. The number of hydrogen-bond donors (Lipinski definition) is 0. The molecule has 4 heteroatoms. The van der Waals surface area contributed by atoms with E-state index in [9.17, 15) is 0 Å². The van der Waals surface area contributed by atoms with Crippen LogP contribution in [0.15, 0.2) is 71.4 Å². The fourth-order valence-corrected chi connectivity index (χ4v) is 3.67. The molecule has 1 aromatic heterocycles. The molecule has 0 saturated heterocycles. The molecule has 0 N–H and O–H groups in total. The maximum absolute atomic E-state index is 3.30. The Morgan fingerprint density at radius 3 is 2.38 bits per heavy atom. The zero-order valence-electron chi connectivity index (χ0n) is 16.5. The Morgan fingerprint density at radius 2 is 1.72 bits per heavy atom. The molecule has 5 rings (SSSR count). The molecule has 2 aliphatic rings. The minimum atomic E-state index is 0. The second kappa shape index (κ2) is 13.3. The van der Waals surface area contributed by atoms with Crippen LogP contribution in [0.2, 0.25) is 0 Å². The third-order valence-corrected chi connectivity index (χ3v) is 4.83. The first kappa shape index (κ1) is 26.0. The van der Waals surface area contributed by atoms with Gasteiger partial charge in [-0.1, -0.05) is 53.3 Å². The summed E-state index contributed by atoms with van der Waals surface area (Å²) >= 11 is 3.29. The number of halogens is 2. The number of benzene rings is 2. The summed E-state index contributed by atoms with van der Waals surface area (Å²) in [6.07, 6.45) is 9.56. The first-order valence-corrected chi connectivity index (χ1v) is 11.2. The maximum atomic E-state index is 3.30. The zero-order chi connectivity index (χ0) is 19.1. The van der Waals surface area contributed by atoms with Gasteiger partial charge in [-0.2, -0.15) is 58.9 Å². The maximum Gasteiger partial charge on any atom is -0.0219 e. The molecule has 3 aromatic rings. The second-order valence-corrected chi connectivity index (χ2v) is 9.84. The Labute approximate surface area is 205 Å². The fourth-order valence-electron chi connectivity index (χ4n) is 3.02. The molecule has 148 valence electrons. The summed E-state index contributed by atoms with van der Waals surface area (Å²) in [5.41, 5.74) is 8.07. The predicted molar refractivity (Wildman–Crippen MR) is 115 cm³/mol. The van der Waals surface area contributed by atoms with Gasteiger partial charge in [-0.15, -0.1) is 17.2 Å². The molecule has 2 aromatic carbocycles. The smallest absolute Gasteiger partial charge is 0.0219 e. The number of fused-ring (bicyclic) bond motifs is 3. The molecular weight excluding hydrogens is 494 g/mol. The minimum absolute atomic E-state index is 0. The van der Waals surface area contributed by atoms with Crippen molar-refractivity contribution in [2.45, 2.75) is 26.7 Å². The van der Waals surface area contributed by atoms with E-state index in [2.05, 4.69) is 91.4 Å². The molecule has 29 heavy (non-hydrogen) atoms. The van der Waals surface area contributed by atoms with E-state index in [1.807, 2.05) is 6.07 Å². The molecule has 0 bridgehead atoms. The minimum Gasteiger partial charge on any atom is -1.00 e. The molecule has 0 spiro atoms. The molecule has 2 aliphatic carbocycles. The molecule has 0 radical (unpaired) electrons. The van der Waals surface area contributed by atoms with E-state index >= 15 is 0 Å². The molecular formula is C25H22Cl2SZr-2. The Hall–Kier alpha value is -1.05. The van der Waals surface area contributed by atoms with Gasteiger partial charge in [-0.05, 0) is 11.8 Å². The van der Waals surface area contributed by atoms with E-state index in [4.69, 9.17) is 0 Å². The summed E-state index contributed by atoms with van der Waals surface area (Å²) in [4.78, 5) is 0. The van der Waals surface area contributed by atoms with Crippen LogP contribution in [-0.2, 0) is 30.7 Å². The fraction of sp³-hybridized carbons (Fsp3) is 0.160. The predicted octanol–water partition coefficient (Wildman–Crippen LogP) is 0.706. The Morgan fingerprint density at radius 1 is 1.00 bits per heavy atom. The molecule has 0 atom stereocenters. The first-order valence-electron chi connectivity index (χ1n) is 9.04. The third-order valence-electron chi connectivity index (χ3n) is 4.14. The van der Waals surface area contributed by atoms with Crippen LogP contribution in [0.3, 0.4) is 0 Å². The summed E-state index contributed by atoms with van der Waals surface area (Å²) in [6, 6.07) is 20.2. The molecule has 0 amide bonds. The van der Waals surface area contributed by atoms with Gasteiger partial charge < -0.3 is 24.8 Å². The van der Waals surface area contributed by atoms with Crippen molar-refractivity contribution >= 4 is 20.1 Å². The third kappa shape index (κ3) is 7.61. The Bertz CT molecular complexity index is 925. The largest absolute Gasteiger partial charge is 1.00 e. The van der Waals surface area contributed by atoms with E-state index in [-0.39, 0.29) is 24.8 Å². The van der Waals surface area contributed by atoms with Gasteiger partial charge in [0.1, 0.15) is 0 Å². The standard InChI is InChI=1S/C13H9.C9H7S.C3H6.2ClH.Zr/c1-3-7-12-10(5-1)9-11-6-2-4-8-13(11)12;1-2-4-8(3-1)9-5-6-10-7-9;1-3-2;;;/h1-5,7-8H,9H2;1,3,5-7H,2H2;1-2H3;2*1H;/q2*-1;;;;+2/p-2. The van der Waals surface area contributed by atoms with Crippen LogP contribution in [0, 0.1) is 12.1 Å². The van der Waals surface area contributed by atoms with Crippen LogP contribution in [0.5, 0.6) is 0 Å². The van der Waals surface area contributed by atoms with Gasteiger partial charge in [-0.3, -0.25) is 0 Å². The van der Waals surface area contributed by atoms with Crippen LogP contribution in [0.4, 0.5) is 0 Å². The summed E-state index contributed by atoms with van der Waals surface area (Å²) in [6.45, 7) is 4.25. The number of hydrogen-bond acceptors (Lipinski definition) is 1. The quantitative estimate of drug-likeness (QED) is 0.327. The summed E-state index contributed by atoms with van der Waals surface area (Å²) in [5, 5.41) is 4.24. The van der Waals surface area contributed by atoms with Gasteiger partial charge in [0.25, 0.3) is 0 Å². The van der Waals surface area contributed by atoms with Crippen molar-refractivity contribution in [2.75, 3.05) is 0 Å². The summed E-state index contributed by atoms with van der Waals surface area (Å²) in [5.74, 6) is 0. The van der Waals surface area contributed by atoms with Crippen molar-refractivity contribution in [3.05, 3.63) is 100 Å². The van der Waals surface area contributed by atoms with Crippen molar-refractivity contribution in [3.63, 3.8) is 0 Å². The van der Waals surface area contributed by atoms with Gasteiger partial charge in [0.2, 0.25) is 0 Å². The Kier molecular flexibility index (Phi) is 11.9. The van der Waals surface area contributed by atoms with E-state index in [1.54, 1.807) is 35.6 Å². The number of allylic oxidation sites excluding steroid dienone is 4. The molecule has 0 nitrogen and oxygen atoms in total. The molecule has 1 heterocycles. The van der Waals surface area contributed by atoms with Gasteiger partial charge in [0, 0.05) is 0 Å². The van der Waals surface area contributed by atoms with E-state index in [1.165, 1.54) is 36.6 Å². The van der Waals surface area contributed by atoms with Gasteiger partial charge in [-0.25, -0.2) is 0 Å². The molecule has 0 saturated carbocycles. The zero-order valence-corrected chi connectivity index (χ0v) is 21.3. The monoisotopic (exact) mass is 514 g/mol. The second-order valence-electron chi connectivity index (χ2n) is 6.61.